The SMILES string of the molecule is Cl.O=C1/C(=C/c2ccc(OCCN3CCOCC3)cc2)COc2cc(OCc3ccccc3)ccc21. The molecular weight excluding hydrogens is 478 g/mol. The van der Waals surface area contributed by atoms with Gasteiger partial charge in [-0.25, -0.2) is 0 Å². The van der Waals surface area contributed by atoms with Crippen LogP contribution < -0.4 is 14.2 Å². The molecule has 0 atom stereocenters. The summed E-state index contributed by atoms with van der Waals surface area (Å²) < 4.78 is 23.0. The third kappa shape index (κ3) is 6.66. The molecule has 0 aromatic heterocycles. The van der Waals surface area contributed by atoms with Crippen molar-refractivity contribution in [3.05, 3.63) is 95.1 Å². The van der Waals surface area contributed by atoms with Crippen LogP contribution in [0.4, 0.5) is 0 Å². The first-order valence-electron chi connectivity index (χ1n) is 12.0. The van der Waals surface area contributed by atoms with Crippen LogP contribution in [0.3, 0.4) is 0 Å². The van der Waals surface area contributed by atoms with Crippen molar-refractivity contribution in [1.29, 1.82) is 0 Å². The molecule has 3 aromatic rings. The molecule has 0 saturated carbocycles. The molecule has 2 aliphatic heterocycles. The molecular formula is C29H30ClNO5. The van der Waals surface area contributed by atoms with E-state index in [4.69, 9.17) is 18.9 Å². The van der Waals surface area contributed by atoms with Gasteiger partial charge < -0.3 is 18.9 Å². The quantitative estimate of drug-likeness (QED) is 0.397. The van der Waals surface area contributed by atoms with Gasteiger partial charge in [0, 0.05) is 31.3 Å². The van der Waals surface area contributed by atoms with Gasteiger partial charge in [-0.2, -0.15) is 0 Å². The van der Waals surface area contributed by atoms with Gasteiger partial charge in [-0.15, -0.1) is 12.4 Å². The van der Waals surface area contributed by atoms with Gasteiger partial charge in [0.1, 0.15) is 37.1 Å². The van der Waals surface area contributed by atoms with E-state index < -0.39 is 0 Å². The minimum absolute atomic E-state index is 0. The number of hydrogen-bond donors (Lipinski definition) is 0. The van der Waals surface area contributed by atoms with Crippen molar-refractivity contribution in [1.82, 2.24) is 4.90 Å². The van der Waals surface area contributed by atoms with E-state index in [0.717, 1.165) is 49.7 Å². The maximum absolute atomic E-state index is 13.0. The standard InChI is InChI=1S/C29H29NO5.ClH/c31-29-24(18-22-6-8-25(9-7-22)33-17-14-30-12-15-32-16-13-30)21-35-28-19-26(10-11-27(28)29)34-20-23-4-2-1-3-5-23;/h1-11,18-19H,12-17,20-21H2;1H/b24-18+;. The Kier molecular flexibility index (Phi) is 9.01. The molecule has 188 valence electrons. The number of rotatable bonds is 8. The van der Waals surface area contributed by atoms with E-state index in [1.807, 2.05) is 66.7 Å². The molecule has 6 nitrogen and oxygen atoms in total. The Hall–Kier alpha value is -3.32. The number of nitrogens with zero attached hydrogens (tertiary/aromatic N) is 1. The maximum Gasteiger partial charge on any atom is 0.196 e. The highest BCUT2D eigenvalue weighted by molar-refractivity contribution is 6.14. The summed E-state index contributed by atoms with van der Waals surface area (Å²) in [4.78, 5) is 15.4. The Morgan fingerprint density at radius 3 is 2.42 bits per heavy atom. The summed E-state index contributed by atoms with van der Waals surface area (Å²) in [6.45, 7) is 5.71. The lowest BCUT2D eigenvalue weighted by Gasteiger charge is -2.26. The topological polar surface area (TPSA) is 57.2 Å². The summed E-state index contributed by atoms with van der Waals surface area (Å²) in [5.74, 6) is 2.03. The van der Waals surface area contributed by atoms with Gasteiger partial charge in [0.05, 0.1) is 18.8 Å². The molecule has 0 spiro atoms. The van der Waals surface area contributed by atoms with Crippen molar-refractivity contribution in [2.75, 3.05) is 46.1 Å². The number of Topliss-reactive ketones (excluding diaryl/α,β-unsaturated/α-hetero) is 1. The third-order valence-corrected chi connectivity index (χ3v) is 6.12. The van der Waals surface area contributed by atoms with Crippen LogP contribution in [-0.4, -0.2) is 56.7 Å². The average Bonchev–Trinajstić information content (AvgIpc) is 2.91. The highest BCUT2D eigenvalue weighted by Crippen LogP contribution is 2.32. The summed E-state index contributed by atoms with van der Waals surface area (Å²) in [5.41, 5.74) is 3.19. The van der Waals surface area contributed by atoms with Crippen LogP contribution >= 0.6 is 12.4 Å². The molecule has 0 radical (unpaired) electrons. The molecule has 5 rings (SSSR count). The number of ketones is 1. The highest BCUT2D eigenvalue weighted by Gasteiger charge is 2.24. The lowest BCUT2D eigenvalue weighted by Crippen LogP contribution is -2.38. The summed E-state index contributed by atoms with van der Waals surface area (Å²) in [7, 11) is 0. The van der Waals surface area contributed by atoms with Crippen LogP contribution in [0.2, 0.25) is 0 Å². The fourth-order valence-electron chi connectivity index (χ4n) is 4.12. The lowest BCUT2D eigenvalue weighted by molar-refractivity contribution is 0.0322. The second kappa shape index (κ2) is 12.6. The van der Waals surface area contributed by atoms with E-state index in [9.17, 15) is 4.79 Å². The molecule has 0 N–H and O–H groups in total. The summed E-state index contributed by atoms with van der Waals surface area (Å²) in [6, 6.07) is 23.1. The Bertz CT molecular complexity index is 1170. The number of halogens is 1. The fourth-order valence-corrected chi connectivity index (χ4v) is 4.12. The number of benzene rings is 3. The van der Waals surface area contributed by atoms with E-state index in [1.165, 1.54) is 0 Å². The van der Waals surface area contributed by atoms with Crippen molar-refractivity contribution >= 4 is 24.3 Å². The fraction of sp³-hybridized carbons (Fsp3) is 0.276. The summed E-state index contributed by atoms with van der Waals surface area (Å²) >= 11 is 0. The van der Waals surface area contributed by atoms with Crippen molar-refractivity contribution in [3.63, 3.8) is 0 Å². The van der Waals surface area contributed by atoms with Crippen LogP contribution in [-0.2, 0) is 11.3 Å². The molecule has 0 aliphatic carbocycles. The van der Waals surface area contributed by atoms with Gasteiger partial charge >= 0.3 is 0 Å². The van der Waals surface area contributed by atoms with Crippen molar-refractivity contribution in [2.24, 2.45) is 0 Å². The lowest BCUT2D eigenvalue weighted by atomic mass is 9.98. The van der Waals surface area contributed by atoms with Gasteiger partial charge in [-0.1, -0.05) is 42.5 Å². The highest BCUT2D eigenvalue weighted by atomic mass is 35.5. The maximum atomic E-state index is 13.0. The smallest absolute Gasteiger partial charge is 0.196 e. The van der Waals surface area contributed by atoms with Gasteiger partial charge in [0.2, 0.25) is 0 Å². The second-order valence-corrected chi connectivity index (χ2v) is 8.59. The Balaban J connectivity index is 0.00000304. The van der Waals surface area contributed by atoms with Crippen LogP contribution in [0.1, 0.15) is 21.5 Å². The van der Waals surface area contributed by atoms with Crippen LogP contribution in [0.15, 0.2) is 78.4 Å². The van der Waals surface area contributed by atoms with Gasteiger partial charge in [-0.05, 0) is 41.5 Å². The second-order valence-electron chi connectivity index (χ2n) is 8.59. The Morgan fingerprint density at radius 1 is 0.889 bits per heavy atom. The number of ether oxygens (including phenoxy) is 4. The number of hydrogen-bond acceptors (Lipinski definition) is 6. The van der Waals surface area contributed by atoms with E-state index >= 15 is 0 Å². The zero-order valence-corrected chi connectivity index (χ0v) is 20.9. The largest absolute Gasteiger partial charge is 0.492 e. The van der Waals surface area contributed by atoms with Gasteiger partial charge in [0.15, 0.2) is 5.78 Å². The molecule has 7 heteroatoms. The van der Waals surface area contributed by atoms with Crippen LogP contribution in [0.25, 0.3) is 6.08 Å². The molecule has 0 bridgehead atoms. The molecule has 1 fully saturated rings. The zero-order valence-electron chi connectivity index (χ0n) is 20.1. The minimum Gasteiger partial charge on any atom is -0.492 e. The number of carbonyl (C=O) groups is 1. The third-order valence-electron chi connectivity index (χ3n) is 6.12. The Labute approximate surface area is 217 Å². The summed E-state index contributed by atoms with van der Waals surface area (Å²) in [5, 5.41) is 0. The van der Waals surface area contributed by atoms with Gasteiger partial charge in [-0.3, -0.25) is 9.69 Å². The molecule has 0 amide bonds. The van der Waals surface area contributed by atoms with E-state index in [1.54, 1.807) is 12.1 Å². The zero-order chi connectivity index (χ0) is 23.9. The van der Waals surface area contributed by atoms with Crippen molar-refractivity contribution in [3.8, 4) is 17.2 Å². The number of fused-ring (bicyclic) bond motifs is 1. The van der Waals surface area contributed by atoms with Crippen molar-refractivity contribution < 1.29 is 23.7 Å². The monoisotopic (exact) mass is 507 g/mol. The predicted octanol–water partition coefficient (Wildman–Crippen LogP) is 5.06. The molecule has 2 aliphatic rings. The number of carbonyl (C=O) groups excluding carboxylic acids is 1. The minimum atomic E-state index is -0.0216. The normalized spacial score (nSPS) is 16.6. The van der Waals surface area contributed by atoms with E-state index in [-0.39, 0.29) is 24.8 Å². The van der Waals surface area contributed by atoms with E-state index in [0.29, 0.717) is 35.8 Å². The first-order chi connectivity index (χ1) is 17.2. The first-order valence-corrected chi connectivity index (χ1v) is 12.0. The average molecular weight is 508 g/mol. The first kappa shape index (κ1) is 25.8. The van der Waals surface area contributed by atoms with Crippen molar-refractivity contribution in [2.45, 2.75) is 6.61 Å². The molecule has 0 unspecified atom stereocenters. The predicted molar refractivity (Wildman–Crippen MR) is 141 cm³/mol. The Morgan fingerprint density at radius 2 is 1.64 bits per heavy atom. The van der Waals surface area contributed by atoms with Crippen LogP contribution in [0, 0.1) is 0 Å². The molecule has 2 heterocycles. The summed E-state index contributed by atoms with van der Waals surface area (Å²) in [6.07, 6.45) is 1.88. The van der Waals surface area contributed by atoms with Crippen LogP contribution in [0.5, 0.6) is 17.2 Å². The molecule has 36 heavy (non-hydrogen) atoms. The molecule has 3 aromatic carbocycles. The van der Waals surface area contributed by atoms with Gasteiger partial charge in [0.25, 0.3) is 0 Å². The van der Waals surface area contributed by atoms with E-state index in [2.05, 4.69) is 4.90 Å². The molecule has 1 saturated heterocycles. The number of morpholine rings is 1.